The molecule has 27 heteroatoms. The van der Waals surface area contributed by atoms with Crippen molar-refractivity contribution in [2.45, 2.75) is 43.4 Å². The van der Waals surface area contributed by atoms with Gasteiger partial charge in [0.25, 0.3) is 12.3 Å². The minimum absolute atomic E-state index is 0.000400. The lowest BCUT2D eigenvalue weighted by Gasteiger charge is -2.47. The molecule has 0 unspecified atom stereocenters. The Kier molecular flexibility index (Phi) is 18.1. The molecule has 5 saturated heterocycles. The maximum atomic E-state index is 15.9. The monoisotopic (exact) mass is 1430 g/mol. The number of fused-ring (bicyclic) bond motifs is 8. The van der Waals surface area contributed by atoms with Gasteiger partial charge in [0.05, 0.1) is 51.6 Å². The summed E-state index contributed by atoms with van der Waals surface area (Å²) in [5.41, 5.74) is 2.38. The van der Waals surface area contributed by atoms with Crippen LogP contribution in [0, 0.1) is 59.0 Å². The van der Waals surface area contributed by atoms with Gasteiger partial charge in [0.2, 0.25) is 11.8 Å². The molecule has 0 spiro atoms. The Morgan fingerprint density at radius 1 is 0.557 bits per heavy atom. The third-order valence-corrected chi connectivity index (χ3v) is 20.1. The van der Waals surface area contributed by atoms with E-state index in [9.17, 15) is 41.5 Å². The van der Waals surface area contributed by atoms with Crippen LogP contribution >= 0.6 is 0 Å². The summed E-state index contributed by atoms with van der Waals surface area (Å²) in [6, 6.07) is 24.6. The van der Waals surface area contributed by atoms with E-state index in [4.69, 9.17) is 12.8 Å². The van der Waals surface area contributed by atoms with Crippen LogP contribution in [-0.4, -0.2) is 155 Å². The molecule has 5 aliphatic heterocycles. The Morgan fingerprint density at radius 3 is 1.60 bits per heavy atom. The van der Waals surface area contributed by atoms with Crippen LogP contribution in [0.5, 0.6) is 0 Å². The van der Waals surface area contributed by atoms with Crippen molar-refractivity contribution in [1.29, 1.82) is 0 Å². The summed E-state index contributed by atoms with van der Waals surface area (Å²) in [5, 5.41) is 17.0. The molecular weight excluding hydrogens is 1370 g/mol. The molecule has 528 valence electrons. The van der Waals surface area contributed by atoms with Gasteiger partial charge in [0, 0.05) is 127 Å². The zero-order valence-corrected chi connectivity index (χ0v) is 55.9. The van der Waals surface area contributed by atoms with Gasteiger partial charge in [-0.3, -0.25) is 34.3 Å². The SMILES string of the molecule is C#Cc1c(F)ccc2cccc(-c3ncc4c(N5C[C@@H]6[C@H]5CCN6C(=O)/C=C/C(F)F)ncnc4c3F)c12.C#Cc1c(F)ccc2cccc(-c3ncc4c(N5C[C@@H]6[C@H]5CCN6C(=O)C(=C)F)ncnc4c3F)c12.C=CC(=O)N1CCN(c2ccnc3c(F)c(-c4c[n+]([O-])cc5ccccc45)ncc23)CC1. The fourth-order valence-electron chi connectivity index (χ4n) is 15.1. The average molecular weight is 1430 g/mol. The number of terminal acetylenes is 2. The predicted octanol–water partition coefficient (Wildman–Crippen LogP) is 12.1. The molecule has 5 aliphatic rings. The summed E-state index contributed by atoms with van der Waals surface area (Å²) < 4.78 is 115. The van der Waals surface area contributed by atoms with Gasteiger partial charge >= 0.3 is 0 Å². The number of alkyl halides is 2. The Hall–Kier alpha value is -13.0. The van der Waals surface area contributed by atoms with Crippen molar-refractivity contribution in [3.05, 3.63) is 223 Å². The first kappa shape index (κ1) is 68.7. The third kappa shape index (κ3) is 12.0. The van der Waals surface area contributed by atoms with Gasteiger partial charge in [0.15, 0.2) is 35.7 Å². The molecule has 17 rings (SSSR count). The number of piperazine rings is 1. The van der Waals surface area contributed by atoms with Gasteiger partial charge < -0.3 is 34.6 Å². The minimum atomic E-state index is -2.69. The number of likely N-dealkylation sites (tertiary alicyclic amines) is 2. The topological polar surface area (TPSA) is 201 Å². The average Bonchev–Trinajstić information content (AvgIpc) is 1.51. The highest BCUT2D eigenvalue weighted by molar-refractivity contribution is 6.05. The van der Waals surface area contributed by atoms with Crippen molar-refractivity contribution < 1.29 is 54.2 Å². The lowest BCUT2D eigenvalue weighted by molar-refractivity contribution is -0.603. The highest BCUT2D eigenvalue weighted by atomic mass is 19.3. The van der Waals surface area contributed by atoms with Crippen molar-refractivity contribution in [3.63, 3.8) is 0 Å². The van der Waals surface area contributed by atoms with E-state index in [-0.39, 0.29) is 74.8 Å². The fourth-order valence-corrected chi connectivity index (χ4v) is 15.1. The quantitative estimate of drug-likeness (QED) is 0.0411. The molecule has 3 amide bonds. The Bertz CT molecular complexity index is 5810. The van der Waals surface area contributed by atoms with E-state index in [2.05, 4.69) is 69.8 Å². The standard InChI is InChI=1S/C28H19F4N5O.C27H18F3N5O.C24H20FN5O2/c1-2-16-19(29)7-6-15-4-3-5-17(24(15)16)26-25(32)27-18(12-33-26)28(35-14-34-27)37-13-21-20(37)10-11-36(21)23(38)9-8-22(30)31;1-3-16-19(29)8-7-15-5-4-6-17(22(15)16)24-23(30)25-18(11-31-24)26(33-13-32-25)35-12-21-20(35)9-10-34(21)27(36)14(2)28;1-2-21(31)29-11-9-28(10-12-29)20-7-8-26-23-18(20)13-27-24(22(23)25)19-15-30(32)14-16-5-3-4-6-17(16)19/h1,3-9,12,14,20-22H,10-11,13H2;1,4-8,11,13,20-21H,2,9-10,12H2;2-8,13-15H,1,9-12H2/b9-8+;;/t2*20-,21-;/m11./s1. The zero-order valence-electron chi connectivity index (χ0n) is 55.9. The van der Waals surface area contributed by atoms with E-state index in [1.165, 1.54) is 60.6 Å². The van der Waals surface area contributed by atoms with Crippen molar-refractivity contribution in [2.75, 3.05) is 67.1 Å². The maximum Gasteiger partial charge on any atom is 0.282 e. The minimum Gasteiger partial charge on any atom is -0.619 e. The van der Waals surface area contributed by atoms with E-state index >= 15 is 13.2 Å². The van der Waals surface area contributed by atoms with Crippen LogP contribution < -0.4 is 19.4 Å². The van der Waals surface area contributed by atoms with E-state index in [0.717, 1.165) is 17.1 Å². The molecule has 0 bridgehead atoms. The molecule has 0 saturated carbocycles. The number of hydrogen-bond acceptors (Lipinski definition) is 15. The molecule has 5 aromatic carbocycles. The molecule has 12 aromatic rings. The number of rotatable bonds is 10. The predicted molar refractivity (Wildman–Crippen MR) is 385 cm³/mol. The summed E-state index contributed by atoms with van der Waals surface area (Å²) in [7, 11) is 0. The number of aromatic nitrogens is 9. The molecule has 7 aromatic heterocycles. The number of hydrogen-bond donors (Lipinski definition) is 0. The molecule has 5 fully saturated rings. The molecule has 19 nitrogen and oxygen atoms in total. The summed E-state index contributed by atoms with van der Waals surface area (Å²) in [5.74, 6) is 0.363. The number of carbonyl (C=O) groups is 3. The van der Waals surface area contributed by atoms with E-state index in [1.54, 1.807) is 76.8 Å². The number of amides is 3. The van der Waals surface area contributed by atoms with Crippen molar-refractivity contribution in [1.82, 2.24) is 54.6 Å². The molecule has 0 aliphatic carbocycles. The smallest absolute Gasteiger partial charge is 0.282 e. The fraction of sp³-hybridized carbons (Fsp3) is 0.190. The number of benzene rings is 5. The normalized spacial score (nSPS) is 17.4. The lowest BCUT2D eigenvalue weighted by atomic mass is 9.95. The van der Waals surface area contributed by atoms with Crippen LogP contribution in [0.4, 0.5) is 52.4 Å². The van der Waals surface area contributed by atoms with Gasteiger partial charge in [-0.25, -0.2) is 55.1 Å². The highest BCUT2D eigenvalue weighted by Gasteiger charge is 2.51. The summed E-state index contributed by atoms with van der Waals surface area (Å²) in [6.07, 6.45) is 24.0. The molecule has 0 N–H and O–H groups in total. The molecular formula is C79H57F8N15O4. The highest BCUT2D eigenvalue weighted by Crippen LogP contribution is 2.44. The van der Waals surface area contributed by atoms with Crippen molar-refractivity contribution in [3.8, 4) is 58.5 Å². The van der Waals surface area contributed by atoms with Gasteiger partial charge in [-0.2, -0.15) is 4.73 Å². The summed E-state index contributed by atoms with van der Waals surface area (Å²) in [4.78, 5) is 81.6. The van der Waals surface area contributed by atoms with E-state index < -0.39 is 53.2 Å². The van der Waals surface area contributed by atoms with Gasteiger partial charge in [0.1, 0.15) is 69.6 Å². The van der Waals surface area contributed by atoms with Crippen LogP contribution in [0.25, 0.3) is 98.8 Å². The van der Waals surface area contributed by atoms with Crippen molar-refractivity contribution >= 4 is 100 Å². The first-order valence-electron chi connectivity index (χ1n) is 33.5. The number of carbonyl (C=O) groups excluding carboxylic acids is 3. The molecule has 4 atom stereocenters. The summed E-state index contributed by atoms with van der Waals surface area (Å²) in [6.45, 7) is 10.7. The Balaban J connectivity index is 0.000000128. The first-order valence-corrected chi connectivity index (χ1v) is 33.5. The third-order valence-electron chi connectivity index (χ3n) is 20.1. The number of nitrogens with zero attached hydrogens (tertiary/aromatic N) is 15. The van der Waals surface area contributed by atoms with Crippen LogP contribution in [0.15, 0.2) is 178 Å². The molecule has 106 heavy (non-hydrogen) atoms. The second-order valence-corrected chi connectivity index (χ2v) is 25.6. The van der Waals surface area contributed by atoms with E-state index in [1.807, 2.05) is 34.1 Å². The lowest BCUT2D eigenvalue weighted by Crippen LogP contribution is -2.63. The number of halogens is 8. The van der Waals surface area contributed by atoms with Crippen LogP contribution in [-0.2, 0) is 14.4 Å². The van der Waals surface area contributed by atoms with Gasteiger partial charge in [-0.15, -0.1) is 12.8 Å². The van der Waals surface area contributed by atoms with E-state index in [0.29, 0.717) is 147 Å². The van der Waals surface area contributed by atoms with Crippen molar-refractivity contribution in [2.24, 2.45) is 0 Å². The molecule has 0 radical (unpaired) electrons. The Labute approximate surface area is 598 Å². The van der Waals surface area contributed by atoms with Gasteiger partial charge in [-0.05, 0) is 60.0 Å². The maximum absolute atomic E-state index is 15.9. The van der Waals surface area contributed by atoms with Crippen LogP contribution in [0.3, 0.4) is 0 Å². The first-order chi connectivity index (χ1) is 51.3. The zero-order chi connectivity index (χ0) is 73.9. The number of anilines is 3. The second-order valence-electron chi connectivity index (χ2n) is 25.6. The molecule has 12 heterocycles. The number of pyridine rings is 5. The van der Waals surface area contributed by atoms with Crippen LogP contribution in [0.2, 0.25) is 0 Å². The van der Waals surface area contributed by atoms with Gasteiger partial charge in [-0.1, -0.05) is 91.7 Å². The second kappa shape index (κ2) is 28.0. The summed E-state index contributed by atoms with van der Waals surface area (Å²) >= 11 is 0. The Morgan fingerprint density at radius 2 is 1.07 bits per heavy atom. The number of allylic oxidation sites excluding steroid dienone is 1. The van der Waals surface area contributed by atoms with Crippen LogP contribution in [0.1, 0.15) is 24.0 Å². The largest absolute Gasteiger partial charge is 0.619 e.